The van der Waals surface area contributed by atoms with Crippen LogP contribution in [0.4, 0.5) is 0 Å². The van der Waals surface area contributed by atoms with Gasteiger partial charge in [-0.05, 0) is 35.7 Å². The molecule has 0 aliphatic rings. The third-order valence-electron chi connectivity index (χ3n) is 2.85. The Morgan fingerprint density at radius 1 is 1.06 bits per heavy atom. The lowest BCUT2D eigenvalue weighted by atomic mass is 10.00. The lowest BCUT2D eigenvalue weighted by molar-refractivity contribution is 1.34. The second kappa shape index (κ2) is 3.49. The molecule has 78 valence electrons. The number of imidazole rings is 1. The normalized spacial score (nSPS) is 10.8. The number of H-pyrrole nitrogens is 1. The quantitative estimate of drug-likeness (QED) is 0.651. The Labute approximate surface area is 94.0 Å². The molecule has 1 aromatic heterocycles. The minimum Gasteiger partial charge on any atom is -0.345 e. The molecule has 16 heavy (non-hydrogen) atoms. The van der Waals surface area contributed by atoms with Crippen LogP contribution < -0.4 is 0 Å². The van der Waals surface area contributed by atoms with Gasteiger partial charge in [-0.3, -0.25) is 0 Å². The first kappa shape index (κ1) is 9.16. The minimum atomic E-state index is 1.02. The molecule has 0 saturated heterocycles. The predicted octanol–water partition coefficient (Wildman–Crippen LogP) is 3.54. The third-order valence-corrected chi connectivity index (χ3v) is 2.85. The van der Waals surface area contributed by atoms with E-state index >= 15 is 0 Å². The molecule has 1 N–H and O–H groups in total. The Balaban J connectivity index is 2.27. The summed E-state index contributed by atoms with van der Waals surface area (Å²) in [5.74, 6) is 0. The van der Waals surface area contributed by atoms with Gasteiger partial charge in [0.25, 0.3) is 0 Å². The topological polar surface area (TPSA) is 28.7 Å². The zero-order chi connectivity index (χ0) is 11.0. The fourth-order valence-corrected chi connectivity index (χ4v) is 2.02. The van der Waals surface area contributed by atoms with Gasteiger partial charge < -0.3 is 4.98 Å². The second-order valence-electron chi connectivity index (χ2n) is 3.95. The Kier molecular flexibility index (Phi) is 2.00. The molecule has 0 radical (unpaired) electrons. The molecular weight excluding hydrogens is 196 g/mol. The minimum absolute atomic E-state index is 1.02. The maximum atomic E-state index is 4.29. The van der Waals surface area contributed by atoms with Crippen molar-refractivity contribution in [1.82, 2.24) is 9.97 Å². The van der Waals surface area contributed by atoms with Gasteiger partial charge in [-0.25, -0.2) is 4.98 Å². The van der Waals surface area contributed by atoms with Gasteiger partial charge in [0.15, 0.2) is 0 Å². The van der Waals surface area contributed by atoms with Crippen LogP contribution in [0.25, 0.3) is 22.2 Å². The molecule has 1 heterocycles. The smallest absolute Gasteiger partial charge is 0.0931 e. The van der Waals surface area contributed by atoms with Crippen LogP contribution in [0.2, 0.25) is 0 Å². The Morgan fingerprint density at radius 2 is 1.88 bits per heavy atom. The maximum Gasteiger partial charge on any atom is 0.0931 e. The molecule has 2 heteroatoms. The highest BCUT2D eigenvalue weighted by Crippen LogP contribution is 2.26. The lowest BCUT2D eigenvalue weighted by Gasteiger charge is -2.05. The van der Waals surface area contributed by atoms with Crippen molar-refractivity contribution in [3.05, 3.63) is 54.4 Å². The van der Waals surface area contributed by atoms with Crippen LogP contribution in [-0.4, -0.2) is 9.97 Å². The summed E-state index contributed by atoms with van der Waals surface area (Å²) in [6, 6.07) is 14.7. The molecule has 0 saturated carbocycles. The molecule has 0 spiro atoms. The van der Waals surface area contributed by atoms with Gasteiger partial charge in [0, 0.05) is 0 Å². The Morgan fingerprint density at radius 3 is 2.69 bits per heavy atom. The molecule has 0 fully saturated rings. The summed E-state index contributed by atoms with van der Waals surface area (Å²) in [6.45, 7) is 2.13. The Bertz CT molecular complexity index is 624. The summed E-state index contributed by atoms with van der Waals surface area (Å²) in [7, 11) is 0. The Hall–Kier alpha value is -2.09. The monoisotopic (exact) mass is 208 g/mol. The van der Waals surface area contributed by atoms with Gasteiger partial charge in [0.2, 0.25) is 0 Å². The van der Waals surface area contributed by atoms with Crippen molar-refractivity contribution >= 4 is 11.0 Å². The average Bonchev–Trinajstić information content (AvgIpc) is 2.76. The van der Waals surface area contributed by atoms with E-state index in [4.69, 9.17) is 0 Å². The van der Waals surface area contributed by atoms with Gasteiger partial charge in [-0.15, -0.1) is 0 Å². The number of aromatic amines is 1. The van der Waals surface area contributed by atoms with Crippen molar-refractivity contribution in [1.29, 1.82) is 0 Å². The molecule has 3 rings (SSSR count). The SMILES string of the molecule is Cc1cc2[nH]cnc2cc1-c1ccccc1. The maximum absolute atomic E-state index is 4.29. The number of aromatic nitrogens is 2. The summed E-state index contributed by atoms with van der Waals surface area (Å²) in [5.41, 5.74) is 5.87. The number of hydrogen-bond donors (Lipinski definition) is 1. The highest BCUT2D eigenvalue weighted by Gasteiger charge is 2.04. The van der Waals surface area contributed by atoms with Crippen molar-refractivity contribution in [2.24, 2.45) is 0 Å². The van der Waals surface area contributed by atoms with Crippen molar-refractivity contribution < 1.29 is 0 Å². The zero-order valence-electron chi connectivity index (χ0n) is 9.07. The molecule has 3 aromatic rings. The number of benzene rings is 2. The van der Waals surface area contributed by atoms with E-state index in [0.29, 0.717) is 0 Å². The number of nitrogens with one attached hydrogen (secondary N) is 1. The van der Waals surface area contributed by atoms with Crippen molar-refractivity contribution in [3.63, 3.8) is 0 Å². The number of fused-ring (bicyclic) bond motifs is 1. The van der Waals surface area contributed by atoms with Crippen molar-refractivity contribution in [2.75, 3.05) is 0 Å². The summed E-state index contributed by atoms with van der Waals surface area (Å²) >= 11 is 0. The molecule has 0 aliphatic carbocycles. The van der Waals surface area contributed by atoms with E-state index in [-0.39, 0.29) is 0 Å². The number of nitrogens with zero attached hydrogens (tertiary/aromatic N) is 1. The largest absolute Gasteiger partial charge is 0.345 e. The van der Waals surface area contributed by atoms with E-state index in [1.165, 1.54) is 16.7 Å². The fraction of sp³-hybridized carbons (Fsp3) is 0.0714. The second-order valence-corrected chi connectivity index (χ2v) is 3.95. The zero-order valence-corrected chi connectivity index (χ0v) is 9.07. The first-order chi connectivity index (χ1) is 7.84. The van der Waals surface area contributed by atoms with E-state index in [9.17, 15) is 0 Å². The van der Waals surface area contributed by atoms with Crippen LogP contribution in [-0.2, 0) is 0 Å². The summed E-state index contributed by atoms with van der Waals surface area (Å²) < 4.78 is 0. The first-order valence-electron chi connectivity index (χ1n) is 5.34. The van der Waals surface area contributed by atoms with E-state index < -0.39 is 0 Å². The summed E-state index contributed by atoms with van der Waals surface area (Å²) in [5, 5.41) is 0. The van der Waals surface area contributed by atoms with E-state index in [0.717, 1.165) is 11.0 Å². The van der Waals surface area contributed by atoms with Crippen LogP contribution in [0.15, 0.2) is 48.8 Å². The van der Waals surface area contributed by atoms with E-state index in [2.05, 4.69) is 53.3 Å². The van der Waals surface area contributed by atoms with Gasteiger partial charge in [0.1, 0.15) is 0 Å². The van der Waals surface area contributed by atoms with Crippen LogP contribution in [0.5, 0.6) is 0 Å². The van der Waals surface area contributed by atoms with Crippen LogP contribution in [0.1, 0.15) is 5.56 Å². The van der Waals surface area contributed by atoms with Crippen LogP contribution in [0, 0.1) is 6.92 Å². The molecule has 2 nitrogen and oxygen atoms in total. The van der Waals surface area contributed by atoms with Gasteiger partial charge in [0.05, 0.1) is 17.4 Å². The molecule has 0 unspecified atom stereocenters. The molecule has 0 atom stereocenters. The number of rotatable bonds is 1. The molecule has 0 aliphatic heterocycles. The fourth-order valence-electron chi connectivity index (χ4n) is 2.02. The van der Waals surface area contributed by atoms with Gasteiger partial charge >= 0.3 is 0 Å². The van der Waals surface area contributed by atoms with Crippen LogP contribution >= 0.6 is 0 Å². The molecule has 0 bridgehead atoms. The first-order valence-corrected chi connectivity index (χ1v) is 5.34. The van der Waals surface area contributed by atoms with E-state index in [1.54, 1.807) is 6.33 Å². The van der Waals surface area contributed by atoms with Crippen molar-refractivity contribution in [2.45, 2.75) is 6.92 Å². The third kappa shape index (κ3) is 1.39. The summed E-state index contributed by atoms with van der Waals surface area (Å²) in [6.07, 6.45) is 1.74. The molecule has 2 aromatic carbocycles. The summed E-state index contributed by atoms with van der Waals surface area (Å²) in [4.78, 5) is 7.42. The number of aryl methyl sites for hydroxylation is 1. The van der Waals surface area contributed by atoms with Crippen LogP contribution in [0.3, 0.4) is 0 Å². The predicted molar refractivity (Wildman–Crippen MR) is 66.3 cm³/mol. The van der Waals surface area contributed by atoms with E-state index in [1.807, 2.05) is 6.07 Å². The van der Waals surface area contributed by atoms with Gasteiger partial charge in [-0.1, -0.05) is 30.3 Å². The standard InChI is InChI=1S/C14H12N2/c1-10-7-13-14(16-9-15-13)8-12(10)11-5-3-2-4-6-11/h2-9H,1H3,(H,15,16). The van der Waals surface area contributed by atoms with Crippen molar-refractivity contribution in [3.8, 4) is 11.1 Å². The molecular formula is C14H12N2. The lowest BCUT2D eigenvalue weighted by Crippen LogP contribution is -1.83. The number of hydrogen-bond acceptors (Lipinski definition) is 1. The highest BCUT2D eigenvalue weighted by molar-refractivity contribution is 5.83. The average molecular weight is 208 g/mol. The molecule has 0 amide bonds. The van der Waals surface area contributed by atoms with Gasteiger partial charge in [-0.2, -0.15) is 0 Å². The highest BCUT2D eigenvalue weighted by atomic mass is 14.9.